The molecule has 0 spiro atoms. The molecule has 0 atom stereocenters. The van der Waals surface area contributed by atoms with Crippen LogP contribution in [0.1, 0.15) is 18.4 Å². The average Bonchev–Trinajstić information content (AvgIpc) is 2.14. The van der Waals surface area contributed by atoms with E-state index in [2.05, 4.69) is 0 Å². The van der Waals surface area contributed by atoms with Crippen LogP contribution >= 0.6 is 0 Å². The Morgan fingerprint density at radius 2 is 1.86 bits per heavy atom. The molecule has 0 unspecified atom stereocenters. The van der Waals surface area contributed by atoms with Crippen molar-refractivity contribution in [1.82, 2.24) is 0 Å². The van der Waals surface area contributed by atoms with Crippen molar-refractivity contribution < 1.29 is 10.2 Å². The van der Waals surface area contributed by atoms with Gasteiger partial charge < -0.3 is 15.9 Å². The Labute approximate surface area is 83.2 Å². The summed E-state index contributed by atoms with van der Waals surface area (Å²) in [6, 6.07) is 7.09. The minimum Gasteiger partial charge on any atom is -0.508 e. The van der Waals surface area contributed by atoms with Gasteiger partial charge in [-0.1, -0.05) is 12.1 Å². The van der Waals surface area contributed by atoms with Gasteiger partial charge in [0.15, 0.2) is 0 Å². The molecule has 14 heavy (non-hydrogen) atoms. The lowest BCUT2D eigenvalue weighted by atomic mass is 9.63. The normalized spacial score (nSPS) is 31.1. The van der Waals surface area contributed by atoms with E-state index in [4.69, 9.17) is 10.8 Å². The molecule has 3 heteroatoms. The Bertz CT molecular complexity index is 315. The van der Waals surface area contributed by atoms with E-state index >= 15 is 0 Å². The van der Waals surface area contributed by atoms with E-state index in [1.54, 1.807) is 12.1 Å². The monoisotopic (exact) mass is 193 g/mol. The maximum absolute atomic E-state index is 9.33. The quantitative estimate of drug-likeness (QED) is 0.649. The third-order valence-corrected chi connectivity index (χ3v) is 3.12. The minimum absolute atomic E-state index is 0.0624. The first-order chi connectivity index (χ1) is 6.66. The molecule has 0 aromatic heterocycles. The molecule has 0 heterocycles. The molecule has 1 aromatic carbocycles. The molecule has 76 valence electrons. The highest BCUT2D eigenvalue weighted by molar-refractivity contribution is 5.34. The second-order valence-corrected chi connectivity index (χ2v) is 4.09. The number of rotatable bonds is 2. The van der Waals surface area contributed by atoms with Crippen molar-refractivity contribution >= 4 is 0 Å². The second kappa shape index (κ2) is 3.26. The third kappa shape index (κ3) is 1.38. The van der Waals surface area contributed by atoms with Crippen molar-refractivity contribution in [2.45, 2.75) is 24.4 Å². The van der Waals surface area contributed by atoms with Crippen LogP contribution in [0.4, 0.5) is 0 Å². The fraction of sp³-hybridized carbons (Fsp3) is 0.455. The Morgan fingerprint density at radius 1 is 1.29 bits per heavy atom. The largest absolute Gasteiger partial charge is 0.508 e. The van der Waals surface area contributed by atoms with Gasteiger partial charge in [0, 0.05) is 12.0 Å². The van der Waals surface area contributed by atoms with Crippen molar-refractivity contribution in [3.8, 4) is 5.75 Å². The molecule has 1 fully saturated rings. The molecule has 1 aliphatic rings. The molecule has 4 N–H and O–H groups in total. The molecular formula is C11H15NO2. The van der Waals surface area contributed by atoms with Crippen LogP contribution in [0.2, 0.25) is 0 Å². The highest BCUT2D eigenvalue weighted by atomic mass is 16.3. The Morgan fingerprint density at radius 3 is 2.29 bits per heavy atom. The number of hydrogen-bond donors (Lipinski definition) is 3. The number of hydrogen-bond acceptors (Lipinski definition) is 3. The molecule has 1 saturated carbocycles. The minimum atomic E-state index is -0.215. The van der Waals surface area contributed by atoms with Gasteiger partial charge in [0.05, 0.1) is 6.10 Å². The van der Waals surface area contributed by atoms with Crippen LogP contribution in [0, 0.1) is 0 Å². The number of phenols is 1. The van der Waals surface area contributed by atoms with Gasteiger partial charge in [-0.25, -0.2) is 0 Å². The summed E-state index contributed by atoms with van der Waals surface area (Å²) in [5, 5.41) is 18.5. The summed E-state index contributed by atoms with van der Waals surface area (Å²) in [7, 11) is 0. The Kier molecular flexibility index (Phi) is 2.21. The topological polar surface area (TPSA) is 66.5 Å². The van der Waals surface area contributed by atoms with Crippen LogP contribution in [-0.4, -0.2) is 22.9 Å². The van der Waals surface area contributed by atoms with E-state index in [9.17, 15) is 5.11 Å². The maximum Gasteiger partial charge on any atom is 0.115 e. The van der Waals surface area contributed by atoms with E-state index in [0.717, 1.165) is 18.4 Å². The summed E-state index contributed by atoms with van der Waals surface area (Å²) in [6.07, 6.45) is 1.25. The van der Waals surface area contributed by atoms with Gasteiger partial charge in [0.25, 0.3) is 0 Å². The zero-order chi connectivity index (χ0) is 10.2. The summed E-state index contributed by atoms with van der Waals surface area (Å²) in [6.45, 7) is 0.550. The predicted octanol–water partition coefficient (Wildman–Crippen LogP) is 0.743. The molecule has 0 saturated heterocycles. The number of aromatic hydroxyl groups is 1. The fourth-order valence-corrected chi connectivity index (χ4v) is 2.18. The third-order valence-electron chi connectivity index (χ3n) is 3.12. The highest BCUT2D eigenvalue weighted by Gasteiger charge is 2.43. The van der Waals surface area contributed by atoms with Gasteiger partial charge in [-0.3, -0.25) is 0 Å². The van der Waals surface area contributed by atoms with Crippen molar-refractivity contribution in [2.24, 2.45) is 5.73 Å². The van der Waals surface area contributed by atoms with Gasteiger partial charge in [-0.05, 0) is 30.5 Å². The van der Waals surface area contributed by atoms with Crippen LogP contribution < -0.4 is 5.73 Å². The first kappa shape index (κ1) is 9.49. The summed E-state index contributed by atoms with van der Waals surface area (Å²) < 4.78 is 0. The fourth-order valence-electron chi connectivity index (χ4n) is 2.18. The van der Waals surface area contributed by atoms with Crippen LogP contribution in [0.25, 0.3) is 0 Å². The zero-order valence-corrected chi connectivity index (χ0v) is 7.98. The summed E-state index contributed by atoms with van der Waals surface area (Å²) in [5.74, 6) is 0.265. The molecule has 1 aromatic rings. The van der Waals surface area contributed by atoms with Gasteiger partial charge >= 0.3 is 0 Å². The van der Waals surface area contributed by atoms with E-state index < -0.39 is 0 Å². The first-order valence-corrected chi connectivity index (χ1v) is 4.84. The lowest BCUT2D eigenvalue weighted by Gasteiger charge is -2.45. The molecule has 0 bridgehead atoms. The van der Waals surface area contributed by atoms with E-state index in [0.29, 0.717) is 6.54 Å². The molecule has 0 radical (unpaired) electrons. The Balaban J connectivity index is 2.25. The second-order valence-electron chi connectivity index (χ2n) is 4.09. The van der Waals surface area contributed by atoms with Gasteiger partial charge in [-0.2, -0.15) is 0 Å². The van der Waals surface area contributed by atoms with Gasteiger partial charge in [0.1, 0.15) is 5.75 Å². The van der Waals surface area contributed by atoms with Crippen molar-refractivity contribution in [1.29, 1.82) is 0 Å². The van der Waals surface area contributed by atoms with E-state index in [1.807, 2.05) is 12.1 Å². The number of nitrogens with two attached hydrogens (primary N) is 1. The smallest absolute Gasteiger partial charge is 0.115 e. The first-order valence-electron chi connectivity index (χ1n) is 4.84. The van der Waals surface area contributed by atoms with Crippen LogP contribution in [-0.2, 0) is 5.41 Å². The summed E-state index contributed by atoms with van der Waals surface area (Å²) in [4.78, 5) is 0. The zero-order valence-electron chi connectivity index (χ0n) is 7.98. The molecule has 3 nitrogen and oxygen atoms in total. The Hall–Kier alpha value is -1.06. The molecular weight excluding hydrogens is 178 g/mol. The highest BCUT2D eigenvalue weighted by Crippen LogP contribution is 2.43. The molecule has 1 aliphatic carbocycles. The molecule has 0 amide bonds. The average molecular weight is 193 g/mol. The molecule has 2 rings (SSSR count). The molecule has 0 aliphatic heterocycles. The van der Waals surface area contributed by atoms with Crippen LogP contribution in [0.5, 0.6) is 5.75 Å². The van der Waals surface area contributed by atoms with Gasteiger partial charge in [0.2, 0.25) is 0 Å². The van der Waals surface area contributed by atoms with Gasteiger partial charge in [-0.15, -0.1) is 0 Å². The predicted molar refractivity (Wildman–Crippen MR) is 54.1 cm³/mol. The number of phenolic OH excluding ortho intramolecular Hbond substituents is 1. The van der Waals surface area contributed by atoms with Crippen molar-refractivity contribution in [2.75, 3.05) is 6.54 Å². The number of aliphatic hydroxyl groups excluding tert-OH is 1. The maximum atomic E-state index is 9.33. The lowest BCUT2D eigenvalue weighted by molar-refractivity contribution is 0.0221. The van der Waals surface area contributed by atoms with Crippen molar-refractivity contribution in [3.63, 3.8) is 0 Å². The standard InChI is InChI=1S/C11H15NO2/c12-7-11(5-10(14)6-11)8-1-3-9(13)4-2-8/h1-4,10,13-14H,5-7,12H2. The van der Waals surface area contributed by atoms with E-state index in [-0.39, 0.29) is 17.3 Å². The summed E-state index contributed by atoms with van der Waals surface area (Å²) >= 11 is 0. The van der Waals surface area contributed by atoms with E-state index in [1.165, 1.54) is 0 Å². The number of benzene rings is 1. The lowest BCUT2D eigenvalue weighted by Crippen LogP contribution is -2.49. The van der Waals surface area contributed by atoms with Crippen LogP contribution in [0.3, 0.4) is 0 Å². The number of aliphatic hydroxyl groups is 1. The van der Waals surface area contributed by atoms with Crippen LogP contribution in [0.15, 0.2) is 24.3 Å². The van der Waals surface area contributed by atoms with Crippen molar-refractivity contribution in [3.05, 3.63) is 29.8 Å². The SMILES string of the molecule is NCC1(c2ccc(O)cc2)CC(O)C1. The summed E-state index contributed by atoms with van der Waals surface area (Å²) in [5.41, 5.74) is 6.78.